The highest BCUT2D eigenvalue weighted by molar-refractivity contribution is 7.80. The number of amides is 1. The summed E-state index contributed by atoms with van der Waals surface area (Å²) in [6.45, 7) is 1.94. The molecule has 0 unspecified atom stereocenters. The first-order valence-corrected chi connectivity index (χ1v) is 7.99. The van der Waals surface area contributed by atoms with Crippen molar-refractivity contribution in [2.24, 2.45) is 0 Å². The molecule has 0 aromatic heterocycles. The summed E-state index contributed by atoms with van der Waals surface area (Å²) < 4.78 is 0. The molecule has 0 spiro atoms. The number of aryl methyl sites for hydroxylation is 2. The number of halogens is 1. The molecule has 1 amide bonds. The van der Waals surface area contributed by atoms with Crippen LogP contribution in [0.4, 0.5) is 5.69 Å². The van der Waals surface area contributed by atoms with Crippen molar-refractivity contribution in [1.82, 2.24) is 10.9 Å². The van der Waals surface area contributed by atoms with Gasteiger partial charge in [-0.15, -0.1) is 0 Å². The zero-order chi connectivity index (χ0) is 16.7. The van der Waals surface area contributed by atoms with Crippen LogP contribution in [0.2, 0.25) is 5.02 Å². The van der Waals surface area contributed by atoms with Crippen molar-refractivity contribution in [2.45, 2.75) is 19.8 Å². The van der Waals surface area contributed by atoms with Crippen LogP contribution in [0, 0.1) is 6.92 Å². The lowest BCUT2D eigenvalue weighted by atomic mass is 10.1. The Hall–Kier alpha value is -2.11. The molecule has 2 aromatic carbocycles. The van der Waals surface area contributed by atoms with Crippen LogP contribution < -0.4 is 16.2 Å². The van der Waals surface area contributed by atoms with Crippen molar-refractivity contribution >= 4 is 40.5 Å². The van der Waals surface area contributed by atoms with Crippen LogP contribution in [-0.2, 0) is 11.2 Å². The fourth-order valence-corrected chi connectivity index (χ4v) is 2.31. The number of rotatable bonds is 4. The average molecular weight is 348 g/mol. The SMILES string of the molecule is Cc1ccc(Cl)cc1NC(=S)NNC(=O)CCc1ccccc1. The van der Waals surface area contributed by atoms with Crippen LogP contribution in [0.15, 0.2) is 48.5 Å². The van der Waals surface area contributed by atoms with E-state index in [9.17, 15) is 4.79 Å². The van der Waals surface area contributed by atoms with Crippen molar-refractivity contribution in [1.29, 1.82) is 0 Å². The van der Waals surface area contributed by atoms with E-state index in [0.29, 0.717) is 23.0 Å². The fourth-order valence-electron chi connectivity index (χ4n) is 1.97. The molecule has 2 aromatic rings. The van der Waals surface area contributed by atoms with Gasteiger partial charge in [0.25, 0.3) is 0 Å². The third-order valence-corrected chi connectivity index (χ3v) is 3.69. The molecular weight excluding hydrogens is 330 g/mol. The Labute approximate surface area is 146 Å². The van der Waals surface area contributed by atoms with Crippen molar-refractivity contribution in [3.8, 4) is 0 Å². The van der Waals surface area contributed by atoms with Gasteiger partial charge < -0.3 is 5.32 Å². The number of carbonyl (C=O) groups is 1. The summed E-state index contributed by atoms with van der Waals surface area (Å²) >= 11 is 11.1. The van der Waals surface area contributed by atoms with Crippen LogP contribution >= 0.6 is 23.8 Å². The molecule has 0 saturated carbocycles. The molecule has 23 heavy (non-hydrogen) atoms. The summed E-state index contributed by atoms with van der Waals surface area (Å²) in [6.07, 6.45) is 1.07. The zero-order valence-corrected chi connectivity index (χ0v) is 14.3. The van der Waals surface area contributed by atoms with Crippen molar-refractivity contribution in [2.75, 3.05) is 5.32 Å². The largest absolute Gasteiger partial charge is 0.331 e. The van der Waals surface area contributed by atoms with E-state index in [-0.39, 0.29) is 5.91 Å². The highest BCUT2D eigenvalue weighted by Crippen LogP contribution is 2.19. The smallest absolute Gasteiger partial charge is 0.238 e. The Morgan fingerprint density at radius 1 is 1.13 bits per heavy atom. The number of carbonyl (C=O) groups excluding carboxylic acids is 1. The number of thiocarbonyl (C=S) groups is 1. The van der Waals surface area contributed by atoms with E-state index in [1.165, 1.54) is 0 Å². The minimum atomic E-state index is -0.124. The van der Waals surface area contributed by atoms with Gasteiger partial charge in [0.15, 0.2) is 5.11 Å². The molecule has 3 N–H and O–H groups in total. The molecule has 0 aliphatic heterocycles. The molecule has 6 heteroatoms. The van der Waals surface area contributed by atoms with Gasteiger partial charge in [-0.3, -0.25) is 15.6 Å². The standard InChI is InChI=1S/C17H18ClN3OS/c1-12-7-9-14(18)11-15(12)19-17(23)21-20-16(22)10-8-13-5-3-2-4-6-13/h2-7,9,11H,8,10H2,1H3,(H,20,22)(H2,19,21,23). The molecule has 4 nitrogen and oxygen atoms in total. The quantitative estimate of drug-likeness (QED) is 0.584. The van der Waals surface area contributed by atoms with Gasteiger partial charge in [-0.1, -0.05) is 48.0 Å². The highest BCUT2D eigenvalue weighted by Gasteiger charge is 2.05. The summed E-state index contributed by atoms with van der Waals surface area (Å²) in [7, 11) is 0. The minimum Gasteiger partial charge on any atom is -0.331 e. The van der Waals surface area contributed by atoms with Crippen LogP contribution in [0.5, 0.6) is 0 Å². The van der Waals surface area contributed by atoms with E-state index >= 15 is 0 Å². The maximum Gasteiger partial charge on any atom is 0.238 e. The molecule has 0 heterocycles. The molecule has 0 aliphatic rings. The molecule has 0 radical (unpaired) electrons. The second-order valence-electron chi connectivity index (χ2n) is 5.07. The molecule has 0 atom stereocenters. The first-order chi connectivity index (χ1) is 11.0. The molecule has 2 rings (SSSR count). The van der Waals surface area contributed by atoms with Crippen LogP contribution in [0.3, 0.4) is 0 Å². The van der Waals surface area contributed by atoms with Gasteiger partial charge in [0.2, 0.25) is 5.91 Å². The third-order valence-electron chi connectivity index (χ3n) is 3.25. The number of nitrogens with one attached hydrogen (secondary N) is 3. The van der Waals surface area contributed by atoms with E-state index in [1.54, 1.807) is 6.07 Å². The van der Waals surface area contributed by atoms with Gasteiger partial charge >= 0.3 is 0 Å². The van der Waals surface area contributed by atoms with E-state index < -0.39 is 0 Å². The fraction of sp³-hybridized carbons (Fsp3) is 0.176. The van der Waals surface area contributed by atoms with Crippen molar-refractivity contribution in [3.05, 3.63) is 64.7 Å². The Kier molecular flexibility index (Phi) is 6.38. The first-order valence-electron chi connectivity index (χ1n) is 7.20. The van der Waals surface area contributed by atoms with Crippen LogP contribution in [0.1, 0.15) is 17.5 Å². The van der Waals surface area contributed by atoms with Gasteiger partial charge in [-0.25, -0.2) is 0 Å². The van der Waals surface area contributed by atoms with Gasteiger partial charge in [0, 0.05) is 17.1 Å². The number of hydrogen-bond donors (Lipinski definition) is 3. The molecule has 120 valence electrons. The summed E-state index contributed by atoms with van der Waals surface area (Å²) in [5.74, 6) is -0.124. The molecular formula is C17H18ClN3OS. The maximum absolute atomic E-state index is 11.8. The molecule has 0 aliphatic carbocycles. The molecule has 0 bridgehead atoms. The summed E-state index contributed by atoms with van der Waals surface area (Å²) in [5, 5.41) is 3.93. The van der Waals surface area contributed by atoms with Crippen LogP contribution in [0.25, 0.3) is 0 Å². The second-order valence-corrected chi connectivity index (χ2v) is 5.92. The van der Waals surface area contributed by atoms with E-state index in [0.717, 1.165) is 16.8 Å². The Morgan fingerprint density at radius 2 is 1.87 bits per heavy atom. The van der Waals surface area contributed by atoms with Crippen LogP contribution in [-0.4, -0.2) is 11.0 Å². The lowest BCUT2D eigenvalue weighted by molar-refractivity contribution is -0.121. The number of hydrazine groups is 1. The highest BCUT2D eigenvalue weighted by atomic mass is 35.5. The number of hydrogen-bond acceptors (Lipinski definition) is 2. The lowest BCUT2D eigenvalue weighted by Crippen LogP contribution is -2.43. The predicted molar refractivity (Wildman–Crippen MR) is 98.5 cm³/mol. The number of anilines is 1. The Morgan fingerprint density at radius 3 is 2.61 bits per heavy atom. The Bertz CT molecular complexity index is 691. The number of benzene rings is 2. The van der Waals surface area contributed by atoms with Gasteiger partial charge in [-0.2, -0.15) is 0 Å². The van der Waals surface area contributed by atoms with E-state index in [1.807, 2.05) is 49.4 Å². The second kappa shape index (κ2) is 8.50. The van der Waals surface area contributed by atoms with Crippen molar-refractivity contribution < 1.29 is 4.79 Å². The summed E-state index contributed by atoms with van der Waals surface area (Å²) in [4.78, 5) is 11.8. The zero-order valence-electron chi connectivity index (χ0n) is 12.7. The predicted octanol–water partition coefficient (Wildman–Crippen LogP) is 3.60. The van der Waals surface area contributed by atoms with Gasteiger partial charge in [0.05, 0.1) is 0 Å². The third kappa shape index (κ3) is 5.88. The first kappa shape index (κ1) is 17.2. The van der Waals surface area contributed by atoms with E-state index in [2.05, 4.69) is 16.2 Å². The lowest BCUT2D eigenvalue weighted by Gasteiger charge is -2.13. The minimum absolute atomic E-state index is 0.124. The van der Waals surface area contributed by atoms with Gasteiger partial charge in [-0.05, 0) is 48.8 Å². The Balaban J connectivity index is 1.75. The van der Waals surface area contributed by atoms with Crippen molar-refractivity contribution in [3.63, 3.8) is 0 Å². The monoisotopic (exact) mass is 347 g/mol. The summed E-state index contributed by atoms with van der Waals surface area (Å²) in [5.41, 5.74) is 8.20. The van der Waals surface area contributed by atoms with Gasteiger partial charge in [0.1, 0.15) is 0 Å². The average Bonchev–Trinajstić information content (AvgIpc) is 2.55. The molecule has 0 fully saturated rings. The molecule has 0 saturated heterocycles. The van der Waals surface area contributed by atoms with E-state index in [4.69, 9.17) is 23.8 Å². The normalized spacial score (nSPS) is 10.0. The summed E-state index contributed by atoms with van der Waals surface area (Å²) in [6, 6.07) is 15.3. The topological polar surface area (TPSA) is 53.2 Å². The maximum atomic E-state index is 11.8.